The van der Waals surface area contributed by atoms with Crippen LogP contribution >= 0.6 is 11.6 Å². The highest BCUT2D eigenvalue weighted by molar-refractivity contribution is 6.30. The molecule has 0 atom stereocenters. The van der Waals surface area contributed by atoms with Crippen molar-refractivity contribution in [1.29, 1.82) is 0 Å². The number of carbonyl (C=O) groups excluding carboxylic acids is 1. The van der Waals surface area contributed by atoms with Crippen molar-refractivity contribution >= 4 is 23.5 Å². The minimum atomic E-state index is 0.646. The minimum Gasteiger partial charge on any atom is -0.298 e. The van der Waals surface area contributed by atoms with Crippen LogP contribution in [0.2, 0.25) is 5.02 Å². The fraction of sp³-hybridized carbons (Fsp3) is 0. The van der Waals surface area contributed by atoms with Crippen molar-refractivity contribution in [2.75, 3.05) is 0 Å². The van der Waals surface area contributed by atoms with E-state index in [4.69, 9.17) is 11.6 Å². The molecule has 0 heterocycles. The monoisotopic (exact) mass is 242 g/mol. The lowest BCUT2D eigenvalue weighted by molar-refractivity contribution is 0.112. The van der Waals surface area contributed by atoms with E-state index in [1.165, 1.54) is 0 Å². The van der Waals surface area contributed by atoms with Gasteiger partial charge in [-0.2, -0.15) is 0 Å². The van der Waals surface area contributed by atoms with E-state index in [0.717, 1.165) is 23.0 Å². The maximum Gasteiger partial charge on any atom is 0.150 e. The Hall–Kier alpha value is -1.86. The molecule has 17 heavy (non-hydrogen) atoms. The van der Waals surface area contributed by atoms with Gasteiger partial charge in [0, 0.05) is 10.6 Å². The lowest BCUT2D eigenvalue weighted by Gasteiger charge is -2.08. The van der Waals surface area contributed by atoms with Crippen molar-refractivity contribution in [2.24, 2.45) is 0 Å². The second-order valence-corrected chi connectivity index (χ2v) is 4.13. The van der Waals surface area contributed by atoms with E-state index in [0.29, 0.717) is 10.6 Å². The molecule has 2 aromatic rings. The summed E-state index contributed by atoms with van der Waals surface area (Å²) in [7, 11) is 0. The van der Waals surface area contributed by atoms with Crippen LogP contribution in [-0.2, 0) is 0 Å². The maximum absolute atomic E-state index is 11.0. The first kappa shape index (κ1) is 11.6. The number of benzene rings is 2. The van der Waals surface area contributed by atoms with E-state index < -0.39 is 0 Å². The van der Waals surface area contributed by atoms with Crippen molar-refractivity contribution in [1.82, 2.24) is 0 Å². The van der Waals surface area contributed by atoms with Crippen molar-refractivity contribution in [3.63, 3.8) is 0 Å². The van der Waals surface area contributed by atoms with Gasteiger partial charge < -0.3 is 0 Å². The Labute approximate surface area is 105 Å². The van der Waals surface area contributed by atoms with Crippen molar-refractivity contribution in [3.8, 4) is 0 Å². The highest BCUT2D eigenvalue weighted by Gasteiger charge is 2.06. The number of aldehydes is 1. The van der Waals surface area contributed by atoms with Crippen molar-refractivity contribution in [2.45, 2.75) is 0 Å². The van der Waals surface area contributed by atoms with Crippen molar-refractivity contribution < 1.29 is 4.79 Å². The molecule has 2 aromatic carbocycles. The fourth-order valence-corrected chi connectivity index (χ4v) is 1.81. The molecule has 0 radical (unpaired) electrons. The molecule has 0 fully saturated rings. The van der Waals surface area contributed by atoms with Gasteiger partial charge in [0.05, 0.1) is 0 Å². The van der Waals surface area contributed by atoms with Gasteiger partial charge in [-0.3, -0.25) is 4.79 Å². The molecule has 0 spiro atoms. The summed E-state index contributed by atoms with van der Waals surface area (Å²) in [4.78, 5) is 11.0. The molecule has 0 bridgehead atoms. The molecule has 84 valence electrons. The van der Waals surface area contributed by atoms with Crippen LogP contribution in [0.25, 0.3) is 5.57 Å². The molecule has 0 saturated carbocycles. The molecule has 0 aliphatic carbocycles. The van der Waals surface area contributed by atoms with E-state index >= 15 is 0 Å². The van der Waals surface area contributed by atoms with Crippen LogP contribution in [0.15, 0.2) is 55.1 Å². The minimum absolute atomic E-state index is 0.646. The van der Waals surface area contributed by atoms with Crippen LogP contribution in [0.4, 0.5) is 0 Å². The summed E-state index contributed by atoms with van der Waals surface area (Å²) < 4.78 is 0. The molecule has 0 unspecified atom stereocenters. The zero-order valence-electron chi connectivity index (χ0n) is 9.19. The Bertz CT molecular complexity index is 555. The third-order valence-electron chi connectivity index (χ3n) is 2.61. The molecule has 0 amide bonds. The topological polar surface area (TPSA) is 17.1 Å². The molecule has 0 aliphatic rings. The van der Waals surface area contributed by atoms with Gasteiger partial charge >= 0.3 is 0 Å². The predicted molar refractivity (Wildman–Crippen MR) is 71.4 cm³/mol. The molecule has 1 nitrogen and oxygen atoms in total. The molecule has 0 aliphatic heterocycles. The number of carbonyl (C=O) groups is 1. The molecule has 0 N–H and O–H groups in total. The summed E-state index contributed by atoms with van der Waals surface area (Å²) in [5.41, 5.74) is 3.28. The summed E-state index contributed by atoms with van der Waals surface area (Å²) >= 11 is 5.84. The predicted octanol–water partition coefficient (Wildman–Crippen LogP) is 4.21. The van der Waals surface area contributed by atoms with Gasteiger partial charge in [0.15, 0.2) is 6.29 Å². The van der Waals surface area contributed by atoms with Crippen LogP contribution in [-0.4, -0.2) is 6.29 Å². The van der Waals surface area contributed by atoms with E-state index in [2.05, 4.69) is 6.58 Å². The van der Waals surface area contributed by atoms with E-state index in [-0.39, 0.29) is 0 Å². The highest BCUT2D eigenvalue weighted by Crippen LogP contribution is 2.24. The standard InChI is InChI=1S/C15H11ClO/c1-11(12-6-8-14(16)9-7-12)15-5-3-2-4-13(15)10-17/h2-10H,1H2. The first-order valence-corrected chi connectivity index (χ1v) is 5.59. The van der Waals surface area contributed by atoms with Gasteiger partial charge in [-0.1, -0.05) is 54.6 Å². The summed E-state index contributed by atoms with van der Waals surface area (Å²) in [5.74, 6) is 0. The maximum atomic E-state index is 11.0. The molecule has 0 aromatic heterocycles. The zero-order chi connectivity index (χ0) is 12.3. The Kier molecular flexibility index (Phi) is 3.40. The second kappa shape index (κ2) is 4.98. The number of hydrogen-bond acceptors (Lipinski definition) is 1. The van der Waals surface area contributed by atoms with Gasteiger partial charge in [0.2, 0.25) is 0 Å². The molecule has 0 saturated heterocycles. The van der Waals surface area contributed by atoms with E-state index in [1.807, 2.05) is 42.5 Å². The van der Waals surface area contributed by atoms with Crippen LogP contribution in [0.3, 0.4) is 0 Å². The normalized spacial score (nSPS) is 9.94. The van der Waals surface area contributed by atoms with Gasteiger partial charge in [0.1, 0.15) is 0 Å². The Morgan fingerprint density at radius 3 is 2.35 bits per heavy atom. The average Bonchev–Trinajstić information content (AvgIpc) is 2.39. The van der Waals surface area contributed by atoms with E-state index in [9.17, 15) is 4.79 Å². The third-order valence-corrected chi connectivity index (χ3v) is 2.86. The van der Waals surface area contributed by atoms with Crippen LogP contribution in [0, 0.1) is 0 Å². The molecule has 2 rings (SSSR count). The quantitative estimate of drug-likeness (QED) is 0.737. The third kappa shape index (κ3) is 2.45. The van der Waals surface area contributed by atoms with Gasteiger partial charge in [0.25, 0.3) is 0 Å². The van der Waals surface area contributed by atoms with Crippen LogP contribution in [0.5, 0.6) is 0 Å². The van der Waals surface area contributed by atoms with Crippen molar-refractivity contribution in [3.05, 3.63) is 76.8 Å². The Morgan fingerprint density at radius 1 is 1.06 bits per heavy atom. The SMILES string of the molecule is C=C(c1ccc(Cl)cc1)c1ccccc1C=O. The van der Waals surface area contributed by atoms with Crippen LogP contribution < -0.4 is 0 Å². The zero-order valence-corrected chi connectivity index (χ0v) is 9.95. The fourth-order valence-electron chi connectivity index (χ4n) is 1.68. The van der Waals surface area contributed by atoms with Gasteiger partial charge in [-0.05, 0) is 28.8 Å². The van der Waals surface area contributed by atoms with Gasteiger partial charge in [-0.25, -0.2) is 0 Å². The molecular weight excluding hydrogens is 232 g/mol. The Morgan fingerprint density at radius 2 is 1.71 bits per heavy atom. The lowest BCUT2D eigenvalue weighted by atomic mass is 9.96. The number of halogens is 1. The van der Waals surface area contributed by atoms with E-state index in [1.54, 1.807) is 6.07 Å². The molecular formula is C15H11ClO. The van der Waals surface area contributed by atoms with Crippen LogP contribution in [0.1, 0.15) is 21.5 Å². The number of hydrogen-bond donors (Lipinski definition) is 0. The highest BCUT2D eigenvalue weighted by atomic mass is 35.5. The summed E-state index contributed by atoms with van der Waals surface area (Å²) in [6.45, 7) is 4.03. The van der Waals surface area contributed by atoms with Gasteiger partial charge in [-0.15, -0.1) is 0 Å². The average molecular weight is 243 g/mol. The number of rotatable bonds is 3. The second-order valence-electron chi connectivity index (χ2n) is 3.69. The largest absolute Gasteiger partial charge is 0.298 e. The summed E-state index contributed by atoms with van der Waals surface area (Å²) in [6.07, 6.45) is 0.844. The first-order valence-electron chi connectivity index (χ1n) is 5.22. The summed E-state index contributed by atoms with van der Waals surface area (Å²) in [5, 5.41) is 0.685. The first-order chi connectivity index (χ1) is 8.22. The smallest absolute Gasteiger partial charge is 0.150 e. The molecule has 2 heteroatoms. The Balaban J connectivity index is 2.43. The lowest BCUT2D eigenvalue weighted by Crippen LogP contribution is -1.92. The summed E-state index contributed by atoms with van der Waals surface area (Å²) in [6, 6.07) is 14.8.